The van der Waals surface area contributed by atoms with Gasteiger partial charge >= 0.3 is 5.97 Å². The van der Waals surface area contributed by atoms with Gasteiger partial charge in [0.1, 0.15) is 5.82 Å². The minimum atomic E-state index is -0.804. The van der Waals surface area contributed by atoms with E-state index < -0.39 is 11.9 Å². The fourth-order valence-corrected chi connectivity index (χ4v) is 2.64. The van der Waals surface area contributed by atoms with Crippen LogP contribution in [-0.2, 0) is 17.8 Å². The highest BCUT2D eigenvalue weighted by molar-refractivity contribution is 5.72. The first-order valence-electron chi connectivity index (χ1n) is 6.12. The van der Waals surface area contributed by atoms with Crippen LogP contribution in [0.1, 0.15) is 17.3 Å². The molecule has 1 aliphatic heterocycles. The van der Waals surface area contributed by atoms with Crippen LogP contribution in [0, 0.1) is 5.92 Å². The van der Waals surface area contributed by atoms with Crippen LogP contribution < -0.4 is 5.73 Å². The van der Waals surface area contributed by atoms with Crippen molar-refractivity contribution in [2.24, 2.45) is 5.92 Å². The van der Waals surface area contributed by atoms with Gasteiger partial charge in [-0.05, 0) is 5.56 Å². The fourth-order valence-electron chi connectivity index (χ4n) is 2.64. The van der Waals surface area contributed by atoms with E-state index in [1.807, 2.05) is 30.3 Å². The molecule has 0 saturated heterocycles. The Kier molecular flexibility index (Phi) is 2.70. The number of anilines is 1. The lowest BCUT2D eigenvalue weighted by Crippen LogP contribution is -2.33. The molecule has 0 spiro atoms. The van der Waals surface area contributed by atoms with Crippen LogP contribution in [0.5, 0.6) is 0 Å². The zero-order valence-corrected chi connectivity index (χ0v) is 10.2. The van der Waals surface area contributed by atoms with E-state index in [-0.39, 0.29) is 11.9 Å². The lowest BCUT2D eigenvalue weighted by Gasteiger charge is -2.28. The first-order valence-corrected chi connectivity index (χ1v) is 6.12. The van der Waals surface area contributed by atoms with Crippen LogP contribution in [0.15, 0.2) is 30.3 Å². The fraction of sp³-hybridized carbons (Fsp3) is 0.308. The molecular formula is C13H14N4O2. The Bertz CT molecular complexity index is 608. The SMILES string of the molecule is Nc1nc2n(n1)CC(c1ccccc1)C(C(=O)O)C2. The molecule has 0 fully saturated rings. The van der Waals surface area contributed by atoms with Gasteiger partial charge < -0.3 is 10.8 Å². The highest BCUT2D eigenvalue weighted by Crippen LogP contribution is 2.33. The number of benzene rings is 1. The van der Waals surface area contributed by atoms with Gasteiger partial charge in [-0.25, -0.2) is 4.68 Å². The number of rotatable bonds is 2. The predicted molar refractivity (Wildman–Crippen MR) is 68.4 cm³/mol. The molecule has 3 N–H and O–H groups in total. The second-order valence-corrected chi connectivity index (χ2v) is 4.73. The van der Waals surface area contributed by atoms with E-state index in [0.717, 1.165) is 5.56 Å². The maximum absolute atomic E-state index is 11.5. The normalized spacial score (nSPS) is 21.9. The molecule has 0 saturated carbocycles. The summed E-state index contributed by atoms with van der Waals surface area (Å²) in [4.78, 5) is 15.5. The third kappa shape index (κ3) is 2.05. The van der Waals surface area contributed by atoms with Crippen LogP contribution in [0.25, 0.3) is 0 Å². The Balaban J connectivity index is 2.01. The van der Waals surface area contributed by atoms with Crippen molar-refractivity contribution >= 4 is 11.9 Å². The van der Waals surface area contributed by atoms with Crippen molar-refractivity contribution in [2.45, 2.75) is 18.9 Å². The van der Waals surface area contributed by atoms with Crippen molar-refractivity contribution in [3.05, 3.63) is 41.7 Å². The Hall–Kier alpha value is -2.37. The van der Waals surface area contributed by atoms with Crippen LogP contribution in [0.2, 0.25) is 0 Å². The minimum absolute atomic E-state index is 0.104. The molecule has 0 radical (unpaired) electrons. The average Bonchev–Trinajstić information content (AvgIpc) is 2.77. The lowest BCUT2D eigenvalue weighted by atomic mass is 9.81. The molecule has 3 rings (SSSR count). The molecule has 0 bridgehead atoms. The third-order valence-corrected chi connectivity index (χ3v) is 3.57. The molecule has 6 nitrogen and oxygen atoms in total. The first-order chi connectivity index (χ1) is 9.15. The van der Waals surface area contributed by atoms with Crippen LogP contribution in [-0.4, -0.2) is 25.8 Å². The summed E-state index contributed by atoms with van der Waals surface area (Å²) in [5.41, 5.74) is 6.58. The molecule has 1 aliphatic rings. The monoisotopic (exact) mass is 258 g/mol. The Labute approximate surface area is 109 Å². The first kappa shape index (κ1) is 11.7. The van der Waals surface area contributed by atoms with Gasteiger partial charge in [0.15, 0.2) is 0 Å². The summed E-state index contributed by atoms with van der Waals surface area (Å²) < 4.78 is 1.71. The van der Waals surface area contributed by atoms with E-state index in [1.54, 1.807) is 4.68 Å². The van der Waals surface area contributed by atoms with E-state index in [0.29, 0.717) is 18.8 Å². The molecule has 0 amide bonds. The number of nitrogens with two attached hydrogens (primary N) is 1. The Morgan fingerprint density at radius 2 is 2.11 bits per heavy atom. The van der Waals surface area contributed by atoms with E-state index in [1.165, 1.54) is 0 Å². The smallest absolute Gasteiger partial charge is 0.307 e. The van der Waals surface area contributed by atoms with E-state index >= 15 is 0 Å². The van der Waals surface area contributed by atoms with Crippen LogP contribution in [0.4, 0.5) is 5.95 Å². The lowest BCUT2D eigenvalue weighted by molar-refractivity contribution is -0.143. The summed E-state index contributed by atoms with van der Waals surface area (Å²) >= 11 is 0. The number of fused-ring (bicyclic) bond motifs is 1. The van der Waals surface area contributed by atoms with E-state index in [9.17, 15) is 9.90 Å². The number of hydrogen-bond acceptors (Lipinski definition) is 4. The standard InChI is InChI=1S/C13H14N4O2/c14-13-15-11-6-9(12(18)19)10(7-17(11)16-13)8-4-2-1-3-5-8/h1-5,9-10H,6-7H2,(H2,14,16)(H,18,19). The van der Waals surface area contributed by atoms with Crippen molar-refractivity contribution in [3.8, 4) is 0 Å². The van der Waals surface area contributed by atoms with Crippen molar-refractivity contribution in [1.29, 1.82) is 0 Å². The molecule has 1 aromatic carbocycles. The Morgan fingerprint density at radius 1 is 1.37 bits per heavy atom. The number of nitrogens with zero attached hydrogens (tertiary/aromatic N) is 3. The maximum Gasteiger partial charge on any atom is 0.307 e. The summed E-state index contributed by atoms with van der Waals surface area (Å²) in [6.07, 6.45) is 0.360. The molecule has 6 heteroatoms. The summed E-state index contributed by atoms with van der Waals surface area (Å²) in [6.45, 7) is 0.501. The van der Waals surface area contributed by atoms with Crippen LogP contribution in [0.3, 0.4) is 0 Å². The second-order valence-electron chi connectivity index (χ2n) is 4.73. The van der Waals surface area contributed by atoms with Crippen molar-refractivity contribution < 1.29 is 9.90 Å². The number of carboxylic acids is 1. The summed E-state index contributed by atoms with van der Waals surface area (Å²) in [6, 6.07) is 9.65. The molecule has 19 heavy (non-hydrogen) atoms. The molecule has 2 atom stereocenters. The highest BCUT2D eigenvalue weighted by atomic mass is 16.4. The Morgan fingerprint density at radius 3 is 2.79 bits per heavy atom. The van der Waals surface area contributed by atoms with Gasteiger partial charge in [0.25, 0.3) is 0 Å². The molecule has 2 unspecified atom stereocenters. The highest BCUT2D eigenvalue weighted by Gasteiger charge is 2.36. The van der Waals surface area contributed by atoms with Gasteiger partial charge in [-0.3, -0.25) is 4.79 Å². The van der Waals surface area contributed by atoms with Gasteiger partial charge in [0, 0.05) is 12.3 Å². The quantitative estimate of drug-likeness (QED) is 0.834. The van der Waals surface area contributed by atoms with Gasteiger partial charge in [0.2, 0.25) is 5.95 Å². The number of aliphatic carboxylic acids is 1. The van der Waals surface area contributed by atoms with Crippen molar-refractivity contribution in [2.75, 3.05) is 5.73 Å². The predicted octanol–water partition coefficient (Wildman–Crippen LogP) is 0.901. The van der Waals surface area contributed by atoms with Crippen molar-refractivity contribution in [1.82, 2.24) is 14.8 Å². The zero-order valence-electron chi connectivity index (χ0n) is 10.2. The van der Waals surface area contributed by atoms with Gasteiger partial charge in [0.05, 0.1) is 12.5 Å². The van der Waals surface area contributed by atoms with E-state index in [2.05, 4.69) is 10.1 Å². The molecule has 0 aliphatic carbocycles. The number of aromatic nitrogens is 3. The zero-order chi connectivity index (χ0) is 13.4. The topological polar surface area (TPSA) is 94.0 Å². The van der Waals surface area contributed by atoms with Gasteiger partial charge in [-0.15, -0.1) is 5.10 Å². The summed E-state index contributed by atoms with van der Waals surface area (Å²) in [5, 5.41) is 13.5. The molecule has 1 aromatic heterocycles. The molecular weight excluding hydrogens is 244 g/mol. The van der Waals surface area contributed by atoms with E-state index in [4.69, 9.17) is 5.73 Å². The molecule has 98 valence electrons. The van der Waals surface area contributed by atoms with Gasteiger partial charge in [-0.2, -0.15) is 4.98 Å². The maximum atomic E-state index is 11.5. The number of nitrogen functional groups attached to an aromatic ring is 1. The summed E-state index contributed by atoms with van der Waals surface area (Å²) in [5.74, 6) is -0.544. The third-order valence-electron chi connectivity index (χ3n) is 3.57. The molecule has 2 aromatic rings. The summed E-state index contributed by atoms with van der Waals surface area (Å²) in [7, 11) is 0. The second kappa shape index (κ2) is 4.38. The average molecular weight is 258 g/mol. The van der Waals surface area contributed by atoms with Crippen LogP contribution >= 0.6 is 0 Å². The number of carbonyl (C=O) groups is 1. The number of hydrogen-bond donors (Lipinski definition) is 2. The number of carboxylic acid groups (broad SMARTS) is 1. The van der Waals surface area contributed by atoms with Gasteiger partial charge in [-0.1, -0.05) is 30.3 Å². The largest absolute Gasteiger partial charge is 0.481 e. The minimum Gasteiger partial charge on any atom is -0.481 e. The molecule has 2 heterocycles. The van der Waals surface area contributed by atoms with Crippen molar-refractivity contribution in [3.63, 3.8) is 0 Å².